The van der Waals surface area contributed by atoms with Crippen LogP contribution >= 0.6 is 11.6 Å². The summed E-state index contributed by atoms with van der Waals surface area (Å²) in [4.78, 5) is 27.4. The Balaban J connectivity index is 1.50. The van der Waals surface area contributed by atoms with Crippen LogP contribution in [0.1, 0.15) is 52.3 Å². The summed E-state index contributed by atoms with van der Waals surface area (Å²) in [5.74, 6) is 1.20. The van der Waals surface area contributed by atoms with Gasteiger partial charge in [-0.25, -0.2) is 9.97 Å². The van der Waals surface area contributed by atoms with Crippen LogP contribution in [-0.2, 0) is 6.42 Å². The highest BCUT2D eigenvalue weighted by Crippen LogP contribution is 2.32. The molecular weight excluding hydrogens is 364 g/mol. The number of carbonyl (C=O) groups is 1. The van der Waals surface area contributed by atoms with Gasteiger partial charge >= 0.3 is 0 Å². The number of oxazole rings is 1. The molecule has 3 heterocycles. The quantitative estimate of drug-likeness (QED) is 0.682. The van der Waals surface area contributed by atoms with E-state index in [1.807, 2.05) is 31.2 Å². The molecule has 1 aliphatic heterocycles. The molecule has 4 rings (SSSR count). The predicted octanol–water partition coefficient (Wildman–Crippen LogP) is 3.99. The average Bonchev–Trinajstić information content (AvgIpc) is 3.33. The molecule has 0 spiro atoms. The zero-order valence-corrected chi connectivity index (χ0v) is 15.7. The molecule has 1 amide bonds. The van der Waals surface area contributed by atoms with Gasteiger partial charge in [-0.15, -0.1) is 0 Å². The van der Waals surface area contributed by atoms with Crippen LogP contribution in [0.15, 0.2) is 47.3 Å². The van der Waals surface area contributed by atoms with Gasteiger partial charge in [0.15, 0.2) is 0 Å². The lowest BCUT2D eigenvalue weighted by Gasteiger charge is -2.21. The van der Waals surface area contributed by atoms with Gasteiger partial charge in [-0.05, 0) is 37.5 Å². The maximum Gasteiger partial charge on any atom is 0.274 e. The molecule has 2 aromatic heterocycles. The van der Waals surface area contributed by atoms with Gasteiger partial charge in [-0.1, -0.05) is 23.7 Å². The number of halogens is 1. The number of carbonyl (C=O) groups excluding carboxylic acids is 1. The molecule has 3 aromatic rings. The summed E-state index contributed by atoms with van der Waals surface area (Å²) in [5.41, 5.74) is 2.22. The molecule has 1 aromatic carbocycles. The van der Waals surface area contributed by atoms with Crippen LogP contribution in [0.3, 0.4) is 0 Å². The van der Waals surface area contributed by atoms with E-state index in [-0.39, 0.29) is 11.9 Å². The van der Waals surface area contributed by atoms with Crippen molar-refractivity contribution in [2.24, 2.45) is 0 Å². The van der Waals surface area contributed by atoms with Crippen molar-refractivity contribution >= 4 is 17.5 Å². The molecule has 1 unspecified atom stereocenters. The number of aromatic nitrogens is 3. The first kappa shape index (κ1) is 17.7. The lowest BCUT2D eigenvalue weighted by atomic mass is 10.1. The second kappa shape index (κ2) is 7.48. The molecule has 1 fully saturated rings. The Hall–Kier alpha value is -2.73. The molecule has 0 bridgehead atoms. The first-order valence-electron chi connectivity index (χ1n) is 8.89. The second-order valence-corrected chi connectivity index (χ2v) is 7.10. The minimum absolute atomic E-state index is 0.137. The number of hydrogen-bond acceptors (Lipinski definition) is 5. The average molecular weight is 383 g/mol. The number of likely N-dealkylation sites (tertiary alicyclic amines) is 1. The summed E-state index contributed by atoms with van der Waals surface area (Å²) >= 11 is 5.93. The number of nitrogens with zero attached hydrogens (tertiary/aromatic N) is 4. The molecule has 7 heteroatoms. The normalized spacial score (nSPS) is 16.7. The summed E-state index contributed by atoms with van der Waals surface area (Å²) in [6, 6.07) is 7.47. The molecule has 6 nitrogen and oxygen atoms in total. The van der Waals surface area contributed by atoms with E-state index in [1.54, 1.807) is 17.3 Å². The molecule has 138 valence electrons. The fourth-order valence-corrected chi connectivity index (χ4v) is 3.40. The molecular formula is C20H19ClN4O2. The van der Waals surface area contributed by atoms with Crippen LogP contribution in [0, 0.1) is 6.92 Å². The van der Waals surface area contributed by atoms with Crippen molar-refractivity contribution in [2.45, 2.75) is 32.2 Å². The Morgan fingerprint density at radius 1 is 1.19 bits per heavy atom. The molecule has 1 atom stereocenters. The third-order valence-electron chi connectivity index (χ3n) is 4.66. The van der Waals surface area contributed by atoms with Gasteiger partial charge in [0, 0.05) is 24.2 Å². The number of aryl methyl sites for hydroxylation is 1. The van der Waals surface area contributed by atoms with E-state index in [4.69, 9.17) is 16.0 Å². The summed E-state index contributed by atoms with van der Waals surface area (Å²) in [6.45, 7) is 2.50. The van der Waals surface area contributed by atoms with Crippen molar-refractivity contribution in [2.75, 3.05) is 6.54 Å². The SMILES string of the molecule is Cc1cnc(C(=O)N2CCCC2c2ncc(Cc3ccc(Cl)cc3)o2)cn1. The van der Waals surface area contributed by atoms with Crippen LogP contribution in [0.2, 0.25) is 5.02 Å². The van der Waals surface area contributed by atoms with Gasteiger partial charge in [0.05, 0.1) is 18.1 Å². The van der Waals surface area contributed by atoms with Crippen molar-refractivity contribution in [1.82, 2.24) is 19.9 Å². The third-order valence-corrected chi connectivity index (χ3v) is 4.91. The van der Waals surface area contributed by atoms with E-state index < -0.39 is 0 Å². The standard InChI is InChI=1S/C20H19ClN4O2/c1-13-10-23-17(12-22-13)20(26)25-8-2-3-18(25)19-24-11-16(27-19)9-14-4-6-15(21)7-5-14/h4-7,10-12,18H,2-3,8-9H2,1H3. The maximum absolute atomic E-state index is 12.8. The Morgan fingerprint density at radius 3 is 2.74 bits per heavy atom. The molecule has 0 aliphatic carbocycles. The third kappa shape index (κ3) is 3.85. The van der Waals surface area contributed by atoms with Gasteiger partial charge in [0.2, 0.25) is 5.89 Å². The molecule has 27 heavy (non-hydrogen) atoms. The van der Waals surface area contributed by atoms with E-state index in [0.29, 0.717) is 29.6 Å². The smallest absolute Gasteiger partial charge is 0.274 e. The van der Waals surface area contributed by atoms with Crippen molar-refractivity contribution in [3.63, 3.8) is 0 Å². The zero-order valence-electron chi connectivity index (χ0n) is 14.9. The second-order valence-electron chi connectivity index (χ2n) is 6.67. The van der Waals surface area contributed by atoms with Crippen LogP contribution in [0.5, 0.6) is 0 Å². The van der Waals surface area contributed by atoms with E-state index in [0.717, 1.165) is 29.9 Å². The van der Waals surface area contributed by atoms with E-state index in [2.05, 4.69) is 15.0 Å². The molecule has 0 radical (unpaired) electrons. The van der Waals surface area contributed by atoms with Crippen LogP contribution < -0.4 is 0 Å². The number of benzene rings is 1. The topological polar surface area (TPSA) is 72.1 Å². The van der Waals surface area contributed by atoms with Gasteiger partial charge in [-0.3, -0.25) is 9.78 Å². The highest BCUT2D eigenvalue weighted by atomic mass is 35.5. The number of rotatable bonds is 4. The van der Waals surface area contributed by atoms with Gasteiger partial charge in [0.1, 0.15) is 17.5 Å². The molecule has 1 saturated heterocycles. The first-order chi connectivity index (χ1) is 13.1. The highest BCUT2D eigenvalue weighted by Gasteiger charge is 2.34. The lowest BCUT2D eigenvalue weighted by Crippen LogP contribution is -2.31. The minimum atomic E-state index is -0.167. The maximum atomic E-state index is 12.8. The predicted molar refractivity (Wildman–Crippen MR) is 101 cm³/mol. The summed E-state index contributed by atoms with van der Waals surface area (Å²) in [5, 5.41) is 0.705. The monoisotopic (exact) mass is 382 g/mol. The Kier molecular flexibility index (Phi) is 4.90. The Bertz CT molecular complexity index is 937. The van der Waals surface area contributed by atoms with Crippen molar-refractivity contribution in [1.29, 1.82) is 0 Å². The molecule has 0 N–H and O–H groups in total. The largest absolute Gasteiger partial charge is 0.443 e. The van der Waals surface area contributed by atoms with Crippen molar-refractivity contribution < 1.29 is 9.21 Å². The van der Waals surface area contributed by atoms with Gasteiger partial charge < -0.3 is 9.32 Å². The molecule has 0 saturated carbocycles. The van der Waals surface area contributed by atoms with Crippen LogP contribution in [0.25, 0.3) is 0 Å². The van der Waals surface area contributed by atoms with Crippen molar-refractivity contribution in [3.8, 4) is 0 Å². The first-order valence-corrected chi connectivity index (χ1v) is 9.26. The zero-order chi connectivity index (χ0) is 18.8. The Morgan fingerprint density at radius 2 is 2.00 bits per heavy atom. The number of amides is 1. The van der Waals surface area contributed by atoms with Crippen LogP contribution in [-0.4, -0.2) is 32.3 Å². The van der Waals surface area contributed by atoms with Crippen LogP contribution in [0.4, 0.5) is 0 Å². The minimum Gasteiger partial charge on any atom is -0.443 e. The molecule has 1 aliphatic rings. The van der Waals surface area contributed by atoms with Crippen molar-refractivity contribution in [3.05, 3.63) is 76.5 Å². The lowest BCUT2D eigenvalue weighted by molar-refractivity contribution is 0.0708. The fourth-order valence-electron chi connectivity index (χ4n) is 3.28. The van der Waals surface area contributed by atoms with E-state index in [1.165, 1.54) is 6.20 Å². The summed E-state index contributed by atoms with van der Waals surface area (Å²) < 4.78 is 5.96. The van der Waals surface area contributed by atoms with E-state index in [9.17, 15) is 4.79 Å². The fraction of sp³-hybridized carbons (Fsp3) is 0.300. The Labute approximate surface area is 162 Å². The summed E-state index contributed by atoms with van der Waals surface area (Å²) in [6.07, 6.45) is 7.23. The summed E-state index contributed by atoms with van der Waals surface area (Å²) in [7, 11) is 0. The highest BCUT2D eigenvalue weighted by molar-refractivity contribution is 6.30. The van der Waals surface area contributed by atoms with Gasteiger partial charge in [0.25, 0.3) is 5.91 Å². The van der Waals surface area contributed by atoms with E-state index >= 15 is 0 Å². The van der Waals surface area contributed by atoms with Gasteiger partial charge in [-0.2, -0.15) is 0 Å². The number of hydrogen-bond donors (Lipinski definition) is 0.